The van der Waals surface area contributed by atoms with Crippen LogP contribution < -0.4 is 5.73 Å². The van der Waals surface area contributed by atoms with Gasteiger partial charge in [-0.25, -0.2) is 0 Å². The highest BCUT2D eigenvalue weighted by molar-refractivity contribution is 5.67. The predicted molar refractivity (Wildman–Crippen MR) is 54.5 cm³/mol. The number of carbonyl (C=O) groups excluding carboxylic acids is 2. The Morgan fingerprint density at radius 3 is 2.31 bits per heavy atom. The van der Waals surface area contributed by atoms with Crippen LogP contribution in [0.3, 0.4) is 0 Å². The number of nitrogens with two attached hydrogens (primary N) is 1. The van der Waals surface area contributed by atoms with Crippen LogP contribution in [0.1, 0.15) is 20.8 Å². The van der Waals surface area contributed by atoms with Gasteiger partial charge < -0.3 is 19.9 Å². The van der Waals surface area contributed by atoms with Crippen LogP contribution >= 0.6 is 0 Å². The minimum atomic E-state index is -0.648. The van der Waals surface area contributed by atoms with Gasteiger partial charge in [-0.05, 0) is 6.92 Å². The van der Waals surface area contributed by atoms with Crippen LogP contribution in [0.2, 0.25) is 0 Å². The first kappa shape index (κ1) is 12.9. The van der Waals surface area contributed by atoms with E-state index in [-0.39, 0.29) is 12.7 Å². The van der Waals surface area contributed by atoms with Gasteiger partial charge in [0.05, 0.1) is 18.8 Å². The van der Waals surface area contributed by atoms with E-state index < -0.39 is 30.2 Å². The van der Waals surface area contributed by atoms with E-state index in [9.17, 15) is 9.59 Å². The first-order valence-corrected chi connectivity index (χ1v) is 5.13. The lowest BCUT2D eigenvalue weighted by molar-refractivity contribution is -0.189. The molecule has 0 aliphatic carbocycles. The van der Waals surface area contributed by atoms with Crippen LogP contribution in [-0.4, -0.2) is 42.9 Å². The van der Waals surface area contributed by atoms with E-state index in [4.69, 9.17) is 19.9 Å². The third-order valence-corrected chi connectivity index (χ3v) is 2.43. The summed E-state index contributed by atoms with van der Waals surface area (Å²) >= 11 is 0. The van der Waals surface area contributed by atoms with Crippen molar-refractivity contribution in [1.29, 1.82) is 0 Å². The van der Waals surface area contributed by atoms with Gasteiger partial charge in [0.2, 0.25) is 0 Å². The van der Waals surface area contributed by atoms with Gasteiger partial charge in [-0.15, -0.1) is 0 Å². The quantitative estimate of drug-likeness (QED) is 0.650. The highest BCUT2D eigenvalue weighted by atomic mass is 16.6. The molecule has 2 N–H and O–H groups in total. The summed E-state index contributed by atoms with van der Waals surface area (Å²) in [5.41, 5.74) is 5.84. The molecule has 92 valence electrons. The fraction of sp³-hybridized carbons (Fsp3) is 0.800. The molecule has 1 heterocycles. The van der Waals surface area contributed by atoms with E-state index in [1.54, 1.807) is 6.92 Å². The van der Waals surface area contributed by atoms with Crippen LogP contribution in [0.25, 0.3) is 0 Å². The van der Waals surface area contributed by atoms with Gasteiger partial charge >= 0.3 is 11.9 Å². The molecule has 6 heteroatoms. The second-order valence-corrected chi connectivity index (χ2v) is 3.84. The fourth-order valence-electron chi connectivity index (χ4n) is 1.63. The van der Waals surface area contributed by atoms with Crippen LogP contribution in [0, 0.1) is 0 Å². The summed E-state index contributed by atoms with van der Waals surface area (Å²) in [6.07, 6.45) is -1.52. The molecule has 0 spiro atoms. The summed E-state index contributed by atoms with van der Waals surface area (Å²) in [6.45, 7) is 4.55. The maximum Gasteiger partial charge on any atom is 0.303 e. The smallest absolute Gasteiger partial charge is 0.303 e. The molecule has 0 aromatic rings. The Balaban J connectivity index is 2.72. The van der Waals surface area contributed by atoms with Gasteiger partial charge in [0, 0.05) is 13.8 Å². The van der Waals surface area contributed by atoms with Crippen LogP contribution in [0.15, 0.2) is 0 Å². The molecule has 1 rings (SSSR count). The van der Waals surface area contributed by atoms with Crippen molar-refractivity contribution in [2.24, 2.45) is 5.73 Å². The first-order valence-electron chi connectivity index (χ1n) is 5.13. The van der Waals surface area contributed by atoms with Gasteiger partial charge in [0.25, 0.3) is 0 Å². The Kier molecular flexibility index (Phi) is 4.26. The Hall–Kier alpha value is -1.14. The lowest BCUT2D eigenvalue weighted by Crippen LogP contribution is -2.58. The summed E-state index contributed by atoms with van der Waals surface area (Å²) in [6, 6.07) is -0.498. The summed E-state index contributed by atoms with van der Waals surface area (Å²) in [5, 5.41) is 0. The topological polar surface area (TPSA) is 87.8 Å². The van der Waals surface area contributed by atoms with Crippen molar-refractivity contribution in [3.63, 3.8) is 0 Å². The third kappa shape index (κ3) is 3.18. The number of carbonyl (C=O) groups is 2. The third-order valence-electron chi connectivity index (χ3n) is 2.43. The zero-order valence-electron chi connectivity index (χ0n) is 9.64. The average molecular weight is 231 g/mol. The normalized spacial score (nSPS) is 34.2. The highest BCUT2D eigenvalue weighted by Crippen LogP contribution is 2.19. The van der Waals surface area contributed by atoms with E-state index in [1.807, 2.05) is 0 Å². The molecule has 1 saturated heterocycles. The Morgan fingerprint density at radius 1 is 1.25 bits per heavy atom. The largest absolute Gasteiger partial charge is 0.457 e. The number of rotatable bonds is 2. The van der Waals surface area contributed by atoms with Gasteiger partial charge in [-0.2, -0.15) is 0 Å². The lowest BCUT2D eigenvalue weighted by Gasteiger charge is -2.38. The number of hydrogen-bond acceptors (Lipinski definition) is 6. The van der Waals surface area contributed by atoms with Crippen molar-refractivity contribution in [2.75, 3.05) is 6.61 Å². The molecule has 4 unspecified atom stereocenters. The molecule has 6 nitrogen and oxygen atoms in total. The van der Waals surface area contributed by atoms with E-state index in [0.717, 1.165) is 0 Å². The number of hydrogen-bond donors (Lipinski definition) is 1. The van der Waals surface area contributed by atoms with E-state index in [1.165, 1.54) is 13.8 Å². The van der Waals surface area contributed by atoms with Crippen molar-refractivity contribution in [2.45, 2.75) is 45.1 Å². The molecule has 16 heavy (non-hydrogen) atoms. The van der Waals surface area contributed by atoms with Gasteiger partial charge in [0.15, 0.2) is 12.2 Å². The van der Waals surface area contributed by atoms with Crippen LogP contribution in [-0.2, 0) is 23.8 Å². The summed E-state index contributed by atoms with van der Waals surface area (Å²) < 4.78 is 15.4. The molecule has 0 radical (unpaired) electrons. The molecular formula is C10H17NO5. The molecule has 0 bridgehead atoms. The van der Waals surface area contributed by atoms with Crippen molar-refractivity contribution < 1.29 is 23.8 Å². The maximum absolute atomic E-state index is 10.9. The standard InChI is InChI=1S/C10H17NO5/c1-5-9(11)10(16-7(3)13)8(4-14-5)15-6(2)12/h5,8-10H,4,11H2,1-3H3. The zero-order chi connectivity index (χ0) is 12.3. The van der Waals surface area contributed by atoms with E-state index in [2.05, 4.69) is 0 Å². The van der Waals surface area contributed by atoms with E-state index >= 15 is 0 Å². The second-order valence-electron chi connectivity index (χ2n) is 3.84. The summed E-state index contributed by atoms with van der Waals surface area (Å²) in [4.78, 5) is 21.8. The molecule has 0 aromatic carbocycles. The predicted octanol–water partition coefficient (Wildman–Crippen LogP) is -0.404. The van der Waals surface area contributed by atoms with Crippen LogP contribution in [0.4, 0.5) is 0 Å². The first-order chi connectivity index (χ1) is 7.41. The molecule has 0 amide bonds. The fourth-order valence-corrected chi connectivity index (χ4v) is 1.63. The van der Waals surface area contributed by atoms with Crippen molar-refractivity contribution in [3.05, 3.63) is 0 Å². The summed E-state index contributed by atoms with van der Waals surface area (Å²) in [7, 11) is 0. The monoisotopic (exact) mass is 231 g/mol. The Morgan fingerprint density at radius 2 is 1.81 bits per heavy atom. The average Bonchev–Trinajstić information content (AvgIpc) is 2.16. The Labute approximate surface area is 94.0 Å². The molecular weight excluding hydrogens is 214 g/mol. The molecule has 1 aliphatic rings. The number of ether oxygens (including phenoxy) is 3. The van der Waals surface area contributed by atoms with Crippen molar-refractivity contribution >= 4 is 11.9 Å². The molecule has 0 saturated carbocycles. The molecule has 0 aromatic heterocycles. The van der Waals surface area contributed by atoms with Crippen molar-refractivity contribution in [3.8, 4) is 0 Å². The zero-order valence-corrected chi connectivity index (χ0v) is 9.64. The minimum Gasteiger partial charge on any atom is -0.457 e. The van der Waals surface area contributed by atoms with Gasteiger partial charge in [-0.3, -0.25) is 9.59 Å². The van der Waals surface area contributed by atoms with Gasteiger partial charge in [-0.1, -0.05) is 0 Å². The highest BCUT2D eigenvalue weighted by Gasteiger charge is 2.40. The SMILES string of the molecule is CC(=O)OC1COC(C)C(N)C1OC(C)=O. The number of esters is 2. The van der Waals surface area contributed by atoms with Gasteiger partial charge in [0.1, 0.15) is 0 Å². The lowest BCUT2D eigenvalue weighted by atomic mass is 9.99. The second kappa shape index (κ2) is 5.27. The summed E-state index contributed by atoms with van der Waals surface area (Å²) in [5.74, 6) is -0.904. The van der Waals surface area contributed by atoms with Crippen molar-refractivity contribution in [1.82, 2.24) is 0 Å². The molecule has 1 fully saturated rings. The molecule has 1 aliphatic heterocycles. The van der Waals surface area contributed by atoms with Crippen LogP contribution in [0.5, 0.6) is 0 Å². The minimum absolute atomic E-state index is 0.187. The van der Waals surface area contributed by atoms with E-state index in [0.29, 0.717) is 0 Å². The Bertz CT molecular complexity index is 280. The maximum atomic E-state index is 10.9. The molecule has 4 atom stereocenters.